The van der Waals surface area contributed by atoms with Crippen molar-refractivity contribution in [3.05, 3.63) is 52.6 Å². The highest BCUT2D eigenvalue weighted by Crippen LogP contribution is 2.35. The van der Waals surface area contributed by atoms with Gasteiger partial charge in [0.25, 0.3) is 5.91 Å². The maximum atomic E-state index is 12.8. The quantitative estimate of drug-likeness (QED) is 0.538. The normalized spacial score (nSPS) is 25.6. The number of allylic oxidation sites excluding steroid dienone is 3. The Morgan fingerprint density at radius 1 is 1.29 bits per heavy atom. The minimum absolute atomic E-state index is 0.305. The Kier molecular flexibility index (Phi) is 5.81. The molecular formula is C21H22ClN5O3S. The van der Waals surface area contributed by atoms with E-state index in [4.69, 9.17) is 11.6 Å². The van der Waals surface area contributed by atoms with Crippen molar-refractivity contribution in [2.24, 2.45) is 0 Å². The maximum absolute atomic E-state index is 12.8. The van der Waals surface area contributed by atoms with Gasteiger partial charge < -0.3 is 10.6 Å². The molecule has 2 fully saturated rings. The molecule has 0 atom stereocenters. The molecule has 10 heteroatoms. The topological polar surface area (TPSA) is 104 Å². The van der Waals surface area contributed by atoms with E-state index < -0.39 is 16.5 Å². The SMILES string of the molecule is CC(/C=C(\C)Nc1ncnc2ccc(Cl)cc12)=C1\C(=O)NC2(CCS(=O)CC2)N1C=O. The predicted molar refractivity (Wildman–Crippen MR) is 121 cm³/mol. The second kappa shape index (κ2) is 8.39. The number of rotatable bonds is 4. The predicted octanol–water partition coefficient (Wildman–Crippen LogP) is 2.70. The van der Waals surface area contributed by atoms with Gasteiger partial charge in [-0.3, -0.25) is 18.7 Å². The summed E-state index contributed by atoms with van der Waals surface area (Å²) < 4.78 is 11.8. The fourth-order valence-electron chi connectivity index (χ4n) is 4.08. The Morgan fingerprint density at radius 3 is 2.74 bits per heavy atom. The zero-order chi connectivity index (χ0) is 22.2. The van der Waals surface area contributed by atoms with Crippen molar-refractivity contribution in [3.8, 4) is 0 Å². The fraction of sp³-hybridized carbons (Fsp3) is 0.333. The second-order valence-electron chi connectivity index (χ2n) is 7.68. The van der Waals surface area contributed by atoms with Gasteiger partial charge in [-0.05, 0) is 43.7 Å². The minimum atomic E-state index is -0.911. The fourth-order valence-corrected chi connectivity index (χ4v) is 5.59. The molecule has 0 bridgehead atoms. The van der Waals surface area contributed by atoms with Crippen molar-refractivity contribution < 1.29 is 13.8 Å². The molecular weight excluding hydrogens is 438 g/mol. The van der Waals surface area contributed by atoms with Crippen LogP contribution in [-0.4, -0.2) is 48.6 Å². The van der Waals surface area contributed by atoms with Gasteiger partial charge in [0.1, 0.15) is 23.5 Å². The molecule has 1 aromatic heterocycles. The molecule has 2 aliphatic heterocycles. The van der Waals surface area contributed by atoms with Crippen molar-refractivity contribution in [1.29, 1.82) is 0 Å². The molecule has 2 saturated heterocycles. The highest BCUT2D eigenvalue weighted by Gasteiger charge is 2.49. The molecule has 8 nitrogen and oxygen atoms in total. The Hall–Kier alpha value is -2.78. The first-order valence-corrected chi connectivity index (χ1v) is 11.7. The Morgan fingerprint density at radius 2 is 2.03 bits per heavy atom. The van der Waals surface area contributed by atoms with Gasteiger partial charge in [-0.25, -0.2) is 9.97 Å². The van der Waals surface area contributed by atoms with Gasteiger partial charge in [-0.2, -0.15) is 0 Å². The number of anilines is 1. The summed E-state index contributed by atoms with van der Waals surface area (Å²) in [6, 6.07) is 5.37. The van der Waals surface area contributed by atoms with Crippen LogP contribution in [0.5, 0.6) is 0 Å². The van der Waals surface area contributed by atoms with Gasteiger partial charge in [0.15, 0.2) is 0 Å². The molecule has 2 aliphatic rings. The van der Waals surface area contributed by atoms with E-state index in [1.807, 2.05) is 13.0 Å². The summed E-state index contributed by atoms with van der Waals surface area (Å²) in [4.78, 5) is 34.7. The largest absolute Gasteiger partial charge is 0.343 e. The van der Waals surface area contributed by atoms with Crippen LogP contribution in [-0.2, 0) is 20.4 Å². The lowest BCUT2D eigenvalue weighted by molar-refractivity contribution is -0.121. The number of fused-ring (bicyclic) bond motifs is 1. The van der Waals surface area contributed by atoms with E-state index in [2.05, 4.69) is 20.6 Å². The highest BCUT2D eigenvalue weighted by atomic mass is 35.5. The molecule has 2 N–H and O–H groups in total. The lowest BCUT2D eigenvalue weighted by Gasteiger charge is -2.38. The molecule has 1 aromatic carbocycles. The van der Waals surface area contributed by atoms with Gasteiger partial charge in [0, 0.05) is 51.3 Å². The monoisotopic (exact) mass is 459 g/mol. The number of nitrogens with zero attached hydrogens (tertiary/aromatic N) is 3. The van der Waals surface area contributed by atoms with Crippen LogP contribution in [0.2, 0.25) is 5.02 Å². The summed E-state index contributed by atoms with van der Waals surface area (Å²) in [6.45, 7) is 3.63. The smallest absolute Gasteiger partial charge is 0.270 e. The summed E-state index contributed by atoms with van der Waals surface area (Å²) in [7, 11) is -0.911. The minimum Gasteiger partial charge on any atom is -0.343 e. The highest BCUT2D eigenvalue weighted by molar-refractivity contribution is 7.85. The first-order chi connectivity index (χ1) is 14.8. The zero-order valence-corrected chi connectivity index (χ0v) is 18.7. The van der Waals surface area contributed by atoms with Crippen LogP contribution < -0.4 is 10.6 Å². The van der Waals surface area contributed by atoms with Crippen molar-refractivity contribution in [3.63, 3.8) is 0 Å². The van der Waals surface area contributed by atoms with Gasteiger partial charge in [-0.15, -0.1) is 0 Å². The van der Waals surface area contributed by atoms with Crippen LogP contribution in [0.15, 0.2) is 47.6 Å². The summed E-state index contributed by atoms with van der Waals surface area (Å²) in [6.07, 6.45) is 4.88. The van der Waals surface area contributed by atoms with E-state index in [9.17, 15) is 13.8 Å². The molecule has 0 radical (unpaired) electrons. The molecule has 1 spiro atoms. The number of halogens is 1. The van der Waals surface area contributed by atoms with Crippen LogP contribution in [0.1, 0.15) is 26.7 Å². The zero-order valence-electron chi connectivity index (χ0n) is 17.1. The Labute approximate surface area is 187 Å². The third kappa shape index (κ3) is 4.07. The number of aromatic nitrogens is 2. The molecule has 4 rings (SSSR count). The molecule has 2 aromatic rings. The van der Waals surface area contributed by atoms with Crippen LogP contribution in [0, 0.1) is 0 Å². The number of nitrogens with one attached hydrogen (secondary N) is 2. The Bertz CT molecular complexity index is 1150. The summed E-state index contributed by atoms with van der Waals surface area (Å²) >= 11 is 6.12. The van der Waals surface area contributed by atoms with E-state index in [0.717, 1.165) is 16.6 Å². The lowest BCUT2D eigenvalue weighted by atomic mass is 10.0. The van der Waals surface area contributed by atoms with E-state index in [1.165, 1.54) is 11.2 Å². The average Bonchev–Trinajstić information content (AvgIpc) is 3.01. The number of carbonyl (C=O) groups is 2. The molecule has 0 unspecified atom stereocenters. The van der Waals surface area contributed by atoms with Crippen LogP contribution in [0.3, 0.4) is 0 Å². The van der Waals surface area contributed by atoms with Crippen molar-refractivity contribution in [1.82, 2.24) is 20.2 Å². The number of amides is 2. The van der Waals surface area contributed by atoms with E-state index in [0.29, 0.717) is 52.9 Å². The number of carbonyl (C=O) groups excluding carboxylic acids is 2. The van der Waals surface area contributed by atoms with Gasteiger partial charge in [0.05, 0.1) is 5.52 Å². The number of hydrogen-bond acceptors (Lipinski definition) is 6. The van der Waals surface area contributed by atoms with Gasteiger partial charge in [0.2, 0.25) is 6.41 Å². The average molecular weight is 460 g/mol. The summed E-state index contributed by atoms with van der Waals surface area (Å²) in [5.74, 6) is 1.20. The van der Waals surface area contributed by atoms with E-state index >= 15 is 0 Å². The van der Waals surface area contributed by atoms with Crippen molar-refractivity contribution in [2.45, 2.75) is 32.4 Å². The van der Waals surface area contributed by atoms with E-state index in [1.54, 1.807) is 25.1 Å². The first-order valence-electron chi connectivity index (χ1n) is 9.81. The maximum Gasteiger partial charge on any atom is 0.270 e. The third-order valence-electron chi connectivity index (χ3n) is 5.57. The second-order valence-corrected chi connectivity index (χ2v) is 9.81. The third-order valence-corrected chi connectivity index (χ3v) is 7.13. The molecule has 3 heterocycles. The van der Waals surface area contributed by atoms with Crippen molar-refractivity contribution in [2.75, 3.05) is 16.8 Å². The molecule has 0 aliphatic carbocycles. The van der Waals surface area contributed by atoms with Crippen LogP contribution >= 0.6 is 11.6 Å². The number of hydrogen-bond donors (Lipinski definition) is 2. The molecule has 31 heavy (non-hydrogen) atoms. The van der Waals surface area contributed by atoms with E-state index in [-0.39, 0.29) is 5.91 Å². The first kappa shape index (κ1) is 21.5. The lowest BCUT2D eigenvalue weighted by Crippen LogP contribution is -2.55. The summed E-state index contributed by atoms with van der Waals surface area (Å²) in [5.41, 5.74) is 1.63. The molecule has 162 valence electrons. The Balaban J connectivity index is 1.65. The molecule has 0 saturated carbocycles. The standard InChI is InChI=1S/C21H22ClN5O3S/c1-13(18-20(29)26-21(27(18)12-28)5-7-31(30)8-6-21)9-14(2)25-19-16-10-15(22)3-4-17(16)23-11-24-19/h3-4,9-12H,5-8H2,1-2H3,(H,26,29)(H,23,24,25)/b14-9+,18-13-. The van der Waals surface area contributed by atoms with Gasteiger partial charge >= 0.3 is 0 Å². The van der Waals surface area contributed by atoms with Gasteiger partial charge in [-0.1, -0.05) is 11.6 Å². The van der Waals surface area contributed by atoms with Crippen LogP contribution in [0.25, 0.3) is 10.9 Å². The van der Waals surface area contributed by atoms with Crippen molar-refractivity contribution >= 4 is 51.4 Å². The summed E-state index contributed by atoms with van der Waals surface area (Å²) in [5, 5.41) is 7.53. The number of benzene rings is 1. The van der Waals surface area contributed by atoms with Crippen LogP contribution in [0.4, 0.5) is 5.82 Å². The molecule has 2 amide bonds.